The molecule has 1 fully saturated rings. The molecule has 1 saturated carbocycles. The molecule has 0 unspecified atom stereocenters. The summed E-state index contributed by atoms with van der Waals surface area (Å²) in [5, 5.41) is 13.8. The van der Waals surface area contributed by atoms with Crippen LogP contribution in [0.3, 0.4) is 0 Å². The van der Waals surface area contributed by atoms with E-state index in [0.29, 0.717) is 12.4 Å². The Morgan fingerprint density at radius 3 is 2.53 bits per heavy atom. The zero-order valence-electron chi connectivity index (χ0n) is 23.5. The van der Waals surface area contributed by atoms with E-state index >= 15 is 0 Å². The molecule has 0 saturated heterocycles. The van der Waals surface area contributed by atoms with Crippen molar-refractivity contribution in [1.82, 2.24) is 14.9 Å². The first-order valence-electron chi connectivity index (χ1n) is 13.5. The predicted octanol–water partition coefficient (Wildman–Crippen LogP) is 5.04. The summed E-state index contributed by atoms with van der Waals surface area (Å²) < 4.78 is 5.83. The molecule has 1 heterocycles. The van der Waals surface area contributed by atoms with Crippen molar-refractivity contribution in [1.29, 1.82) is 0 Å². The lowest BCUT2D eigenvalue weighted by Crippen LogP contribution is -2.36. The number of aliphatic hydroxyl groups excluding tert-OH is 1. The molecule has 8 heteroatoms. The number of fused-ring (bicyclic) bond motifs is 1. The number of ether oxygens (including phenoxy) is 1. The SMILES string of the molecule is COc1cc2nc(C)nc(N[C@@H](C)c3cc(N)cc(C)c3C)c2cc1C1CCC(C(=O)N(C)CCO)CC1. The van der Waals surface area contributed by atoms with Crippen molar-refractivity contribution in [3.8, 4) is 5.75 Å². The molecule has 1 aliphatic carbocycles. The molecule has 1 amide bonds. The molecular formula is C30H41N5O3. The Balaban J connectivity index is 1.64. The number of nitrogen functional groups attached to an aromatic ring is 1. The van der Waals surface area contributed by atoms with Gasteiger partial charge in [0.25, 0.3) is 0 Å². The van der Waals surface area contributed by atoms with Crippen LogP contribution in [0.1, 0.15) is 72.6 Å². The Hall–Kier alpha value is -3.39. The zero-order valence-corrected chi connectivity index (χ0v) is 23.5. The van der Waals surface area contributed by atoms with Crippen LogP contribution in [0.5, 0.6) is 5.75 Å². The van der Waals surface area contributed by atoms with Gasteiger partial charge >= 0.3 is 0 Å². The molecule has 38 heavy (non-hydrogen) atoms. The third-order valence-corrected chi connectivity index (χ3v) is 8.04. The van der Waals surface area contributed by atoms with Crippen LogP contribution >= 0.6 is 0 Å². The minimum Gasteiger partial charge on any atom is -0.496 e. The van der Waals surface area contributed by atoms with Gasteiger partial charge in [-0.05, 0) is 99.7 Å². The summed E-state index contributed by atoms with van der Waals surface area (Å²) in [7, 11) is 3.46. The van der Waals surface area contributed by atoms with Crippen LogP contribution in [0.2, 0.25) is 0 Å². The standard InChI is InChI=1S/C30H41N5O3/c1-17-13-23(31)14-24(18(17)2)19(3)32-29-26-15-25(28(38-6)16-27(26)33-20(4)34-29)21-7-9-22(10-8-21)30(37)35(5)11-12-36/h13-16,19,21-22,36H,7-12,31H2,1-6H3,(H,32,33,34)/t19-,21?,22?/m0/s1. The lowest BCUT2D eigenvalue weighted by Gasteiger charge is -2.31. The average Bonchev–Trinajstić information content (AvgIpc) is 2.89. The number of aryl methyl sites for hydroxylation is 2. The van der Waals surface area contributed by atoms with Crippen molar-refractivity contribution in [2.45, 2.75) is 65.3 Å². The molecule has 8 nitrogen and oxygen atoms in total. The lowest BCUT2D eigenvalue weighted by molar-refractivity contribution is -0.135. The largest absolute Gasteiger partial charge is 0.496 e. The quantitative estimate of drug-likeness (QED) is 0.357. The molecule has 1 atom stereocenters. The Labute approximate surface area is 225 Å². The van der Waals surface area contributed by atoms with E-state index in [2.05, 4.69) is 32.2 Å². The van der Waals surface area contributed by atoms with Crippen LogP contribution in [0.25, 0.3) is 10.9 Å². The van der Waals surface area contributed by atoms with Gasteiger partial charge in [0.15, 0.2) is 0 Å². The Morgan fingerprint density at radius 2 is 1.87 bits per heavy atom. The van der Waals surface area contributed by atoms with E-state index in [1.807, 2.05) is 25.1 Å². The van der Waals surface area contributed by atoms with Crippen molar-refractivity contribution < 1.29 is 14.6 Å². The van der Waals surface area contributed by atoms with Crippen molar-refractivity contribution in [3.05, 3.63) is 52.3 Å². The van der Waals surface area contributed by atoms with E-state index in [4.69, 9.17) is 20.4 Å². The van der Waals surface area contributed by atoms with E-state index in [9.17, 15) is 9.90 Å². The van der Waals surface area contributed by atoms with Gasteiger partial charge < -0.3 is 25.8 Å². The van der Waals surface area contributed by atoms with Gasteiger partial charge in [-0.3, -0.25) is 4.79 Å². The summed E-state index contributed by atoms with van der Waals surface area (Å²) in [5.74, 6) is 2.71. The Bertz CT molecular complexity index is 1320. The minimum atomic E-state index is -0.0146. The van der Waals surface area contributed by atoms with Gasteiger partial charge in [-0.15, -0.1) is 0 Å². The van der Waals surface area contributed by atoms with E-state index in [1.165, 1.54) is 11.1 Å². The number of likely N-dealkylation sites (N-methyl/N-ethyl adjacent to an activating group) is 1. The summed E-state index contributed by atoms with van der Waals surface area (Å²) in [6.07, 6.45) is 3.44. The van der Waals surface area contributed by atoms with Crippen LogP contribution in [0.15, 0.2) is 24.3 Å². The number of benzene rings is 2. The van der Waals surface area contributed by atoms with Gasteiger partial charge in [-0.2, -0.15) is 0 Å². The molecule has 2 aromatic carbocycles. The molecule has 204 valence electrons. The number of hydrogen-bond acceptors (Lipinski definition) is 7. The highest BCUT2D eigenvalue weighted by Gasteiger charge is 2.30. The molecule has 3 aromatic rings. The maximum atomic E-state index is 12.7. The number of amides is 1. The van der Waals surface area contributed by atoms with Crippen LogP contribution in [0.4, 0.5) is 11.5 Å². The van der Waals surface area contributed by atoms with Crippen molar-refractivity contribution in [3.63, 3.8) is 0 Å². The average molecular weight is 520 g/mol. The number of anilines is 2. The number of rotatable bonds is 8. The number of nitrogens with one attached hydrogen (secondary N) is 1. The third kappa shape index (κ3) is 5.70. The van der Waals surface area contributed by atoms with Crippen LogP contribution in [0, 0.1) is 26.7 Å². The molecule has 0 radical (unpaired) electrons. The van der Waals surface area contributed by atoms with Gasteiger partial charge in [0.2, 0.25) is 5.91 Å². The van der Waals surface area contributed by atoms with Gasteiger partial charge in [-0.25, -0.2) is 9.97 Å². The minimum absolute atomic E-state index is 0.00221. The van der Waals surface area contributed by atoms with Gasteiger partial charge in [0, 0.05) is 36.7 Å². The first-order valence-corrected chi connectivity index (χ1v) is 13.5. The molecule has 0 bridgehead atoms. The summed E-state index contributed by atoms with van der Waals surface area (Å²) >= 11 is 0. The summed E-state index contributed by atoms with van der Waals surface area (Å²) in [6.45, 7) is 8.59. The summed E-state index contributed by atoms with van der Waals surface area (Å²) in [4.78, 5) is 23.9. The van der Waals surface area contributed by atoms with Crippen molar-refractivity contribution in [2.75, 3.05) is 38.4 Å². The van der Waals surface area contributed by atoms with Crippen molar-refractivity contribution in [2.24, 2.45) is 5.92 Å². The van der Waals surface area contributed by atoms with Crippen molar-refractivity contribution >= 4 is 28.3 Å². The molecule has 0 aliphatic heterocycles. The second-order valence-electron chi connectivity index (χ2n) is 10.7. The van der Waals surface area contributed by atoms with Gasteiger partial charge in [-0.1, -0.05) is 0 Å². The molecule has 4 rings (SSSR count). The zero-order chi connectivity index (χ0) is 27.6. The van der Waals surface area contributed by atoms with E-state index in [0.717, 1.165) is 65.0 Å². The van der Waals surface area contributed by atoms with Crippen LogP contribution < -0.4 is 15.8 Å². The summed E-state index contributed by atoms with van der Waals surface area (Å²) in [5.41, 5.74) is 12.4. The smallest absolute Gasteiger partial charge is 0.225 e. The fourth-order valence-electron chi connectivity index (χ4n) is 5.77. The molecular weight excluding hydrogens is 478 g/mol. The van der Waals surface area contributed by atoms with Crippen LogP contribution in [-0.2, 0) is 4.79 Å². The molecule has 1 aromatic heterocycles. The highest BCUT2D eigenvalue weighted by molar-refractivity contribution is 5.91. The first kappa shape index (κ1) is 27.6. The molecule has 0 spiro atoms. The Kier molecular flexibility index (Phi) is 8.41. The Morgan fingerprint density at radius 1 is 1.16 bits per heavy atom. The highest BCUT2D eigenvalue weighted by Crippen LogP contribution is 2.42. The maximum absolute atomic E-state index is 12.7. The van der Waals surface area contributed by atoms with Gasteiger partial charge in [0.05, 0.1) is 25.3 Å². The van der Waals surface area contributed by atoms with E-state index in [1.54, 1.807) is 19.1 Å². The highest BCUT2D eigenvalue weighted by atomic mass is 16.5. The number of methoxy groups -OCH3 is 1. The van der Waals surface area contributed by atoms with E-state index < -0.39 is 0 Å². The number of nitrogens with two attached hydrogens (primary N) is 1. The normalized spacial score (nSPS) is 18.3. The maximum Gasteiger partial charge on any atom is 0.225 e. The molecule has 1 aliphatic rings. The number of carbonyl (C=O) groups is 1. The number of carbonyl (C=O) groups excluding carboxylic acids is 1. The first-order chi connectivity index (χ1) is 18.1. The fraction of sp³-hybridized carbons (Fsp3) is 0.500. The number of aromatic nitrogens is 2. The van der Waals surface area contributed by atoms with E-state index in [-0.39, 0.29) is 30.4 Å². The fourth-order valence-corrected chi connectivity index (χ4v) is 5.77. The van der Waals surface area contributed by atoms with Gasteiger partial charge in [0.1, 0.15) is 17.4 Å². The second-order valence-corrected chi connectivity index (χ2v) is 10.7. The predicted molar refractivity (Wildman–Crippen MR) is 153 cm³/mol. The van der Waals surface area contributed by atoms with Crippen LogP contribution in [-0.4, -0.2) is 53.2 Å². The number of nitrogens with zero attached hydrogens (tertiary/aromatic N) is 3. The topological polar surface area (TPSA) is 114 Å². The summed E-state index contributed by atoms with van der Waals surface area (Å²) in [6, 6.07) is 8.21. The number of hydrogen-bond donors (Lipinski definition) is 3. The molecule has 4 N–H and O–H groups in total. The monoisotopic (exact) mass is 519 g/mol. The second kappa shape index (κ2) is 11.6. The third-order valence-electron chi connectivity index (χ3n) is 8.04. The number of aliphatic hydroxyl groups is 1. The lowest BCUT2D eigenvalue weighted by atomic mass is 9.77.